The molecule has 0 radical (unpaired) electrons. The number of ketones is 1. The summed E-state index contributed by atoms with van der Waals surface area (Å²) in [6, 6.07) is 6.36. The molecule has 5 atom stereocenters. The quantitative estimate of drug-likeness (QED) is 0.588. The summed E-state index contributed by atoms with van der Waals surface area (Å²) < 4.78 is 7.93. The fourth-order valence-electron chi connectivity index (χ4n) is 6.82. The van der Waals surface area contributed by atoms with Gasteiger partial charge in [0.15, 0.2) is 10.4 Å². The zero-order valence-electron chi connectivity index (χ0n) is 17.8. The fourth-order valence-corrected chi connectivity index (χ4v) is 7.03. The fraction of sp³-hybridized carbons (Fsp3) is 0.500. The molecule has 3 aromatic rings. The molecule has 7 heteroatoms. The monoisotopic (exact) mass is 434 g/mol. The number of carbonyl (C=O) groups is 1. The maximum absolute atomic E-state index is 13.8. The number of rotatable bonds is 2. The van der Waals surface area contributed by atoms with E-state index in [1.807, 2.05) is 4.57 Å². The molecule has 3 aliphatic carbocycles. The molecular formula is C24H26N4O2S. The van der Waals surface area contributed by atoms with Crippen molar-refractivity contribution in [2.24, 2.45) is 17.3 Å². The molecular weight excluding hydrogens is 408 g/mol. The Morgan fingerprint density at radius 3 is 3.00 bits per heavy atom. The highest BCUT2D eigenvalue weighted by Crippen LogP contribution is 2.61. The number of fused-ring (bicyclic) bond motifs is 6. The Balaban J connectivity index is 1.38. The predicted molar refractivity (Wildman–Crippen MR) is 120 cm³/mol. The Labute approximate surface area is 186 Å². The van der Waals surface area contributed by atoms with E-state index in [2.05, 4.69) is 40.1 Å². The average Bonchev–Trinajstić information content (AvgIpc) is 3.33. The highest BCUT2D eigenvalue weighted by Gasteiger charge is 2.58. The molecule has 2 saturated carbocycles. The zero-order valence-corrected chi connectivity index (χ0v) is 18.6. The first-order valence-electron chi connectivity index (χ1n) is 11.1. The number of methoxy groups -OCH3 is 1. The van der Waals surface area contributed by atoms with Crippen LogP contribution in [-0.2, 0) is 11.2 Å². The van der Waals surface area contributed by atoms with Gasteiger partial charge in [0.25, 0.3) is 0 Å². The van der Waals surface area contributed by atoms with Crippen LogP contribution in [-0.4, -0.2) is 32.4 Å². The molecule has 0 bridgehead atoms. The van der Waals surface area contributed by atoms with E-state index in [4.69, 9.17) is 17.0 Å². The van der Waals surface area contributed by atoms with Crippen LogP contribution in [0.1, 0.15) is 55.7 Å². The van der Waals surface area contributed by atoms with Crippen LogP contribution in [0.25, 0.3) is 11.2 Å². The van der Waals surface area contributed by atoms with E-state index in [0.29, 0.717) is 33.7 Å². The van der Waals surface area contributed by atoms with Crippen LogP contribution in [0.2, 0.25) is 0 Å². The van der Waals surface area contributed by atoms with Crippen LogP contribution in [0.5, 0.6) is 5.75 Å². The number of aromatic amines is 1. The van der Waals surface area contributed by atoms with Crippen molar-refractivity contribution < 1.29 is 9.53 Å². The maximum atomic E-state index is 13.8. The third-order valence-corrected chi connectivity index (χ3v) is 8.68. The van der Waals surface area contributed by atoms with E-state index < -0.39 is 0 Å². The smallest absolute Gasteiger partial charge is 0.161 e. The Kier molecular flexibility index (Phi) is 4.16. The van der Waals surface area contributed by atoms with Gasteiger partial charge in [-0.2, -0.15) is 0 Å². The number of carbonyl (C=O) groups excluding carboxylic acids is 1. The maximum Gasteiger partial charge on any atom is 0.161 e. The molecule has 2 aromatic heterocycles. The third-order valence-electron chi connectivity index (χ3n) is 8.38. The van der Waals surface area contributed by atoms with E-state index in [1.54, 1.807) is 19.8 Å². The van der Waals surface area contributed by atoms with Crippen LogP contribution >= 0.6 is 12.2 Å². The van der Waals surface area contributed by atoms with E-state index in [0.717, 1.165) is 43.5 Å². The third kappa shape index (κ3) is 2.62. The average molecular weight is 435 g/mol. The number of aryl methyl sites for hydroxylation is 1. The van der Waals surface area contributed by atoms with Crippen molar-refractivity contribution in [3.8, 4) is 5.75 Å². The molecule has 0 spiro atoms. The molecule has 6 nitrogen and oxygen atoms in total. The normalized spacial score (nSPS) is 31.9. The van der Waals surface area contributed by atoms with Gasteiger partial charge in [0.1, 0.15) is 16.9 Å². The van der Waals surface area contributed by atoms with E-state index >= 15 is 0 Å². The van der Waals surface area contributed by atoms with Gasteiger partial charge in [-0.3, -0.25) is 4.79 Å². The topological polar surface area (TPSA) is 72.8 Å². The molecule has 160 valence electrons. The van der Waals surface area contributed by atoms with Gasteiger partial charge in [0.2, 0.25) is 0 Å². The second-order valence-corrected chi connectivity index (χ2v) is 10.00. The van der Waals surface area contributed by atoms with E-state index in [-0.39, 0.29) is 11.5 Å². The second-order valence-electron chi connectivity index (χ2n) is 9.61. The van der Waals surface area contributed by atoms with Crippen molar-refractivity contribution in [1.82, 2.24) is 19.5 Å². The van der Waals surface area contributed by atoms with Crippen LogP contribution < -0.4 is 4.74 Å². The van der Waals surface area contributed by atoms with Crippen LogP contribution in [0, 0.1) is 21.9 Å². The van der Waals surface area contributed by atoms with Crippen LogP contribution in [0.3, 0.4) is 0 Å². The lowest BCUT2D eigenvalue weighted by Gasteiger charge is -2.48. The Morgan fingerprint density at radius 2 is 2.16 bits per heavy atom. The SMILES string of the molecule is COc1ccc2c(c1)CCC1C2CCC2(C)C(=O)C(n3cnc4c(=S)nc[nH]c43)CC12. The Bertz CT molecular complexity index is 1260. The Morgan fingerprint density at radius 1 is 1.29 bits per heavy atom. The van der Waals surface area contributed by atoms with Gasteiger partial charge in [-0.05, 0) is 73.1 Å². The molecule has 2 fully saturated rings. The first-order valence-corrected chi connectivity index (χ1v) is 11.5. The summed E-state index contributed by atoms with van der Waals surface area (Å²) in [4.78, 5) is 25.5. The standard InChI is InChI=1S/C24H26N4O2S/c1-24-8-7-16-15-6-4-14(30-2)9-13(15)3-5-17(16)18(24)10-19(21(24)29)28-12-27-20-22(28)25-11-26-23(20)31/h4,6,9,11-12,16-19H,3,5,7-8,10H2,1-2H3,(H,25,26,31). The largest absolute Gasteiger partial charge is 0.497 e. The van der Waals surface area contributed by atoms with Crippen molar-refractivity contribution in [3.63, 3.8) is 0 Å². The molecule has 6 rings (SSSR count). The summed E-state index contributed by atoms with van der Waals surface area (Å²) >= 11 is 5.33. The first kappa shape index (κ1) is 19.2. The molecule has 1 aromatic carbocycles. The van der Waals surface area contributed by atoms with Crippen molar-refractivity contribution in [2.45, 2.75) is 51.0 Å². The number of benzene rings is 1. The molecule has 0 amide bonds. The van der Waals surface area contributed by atoms with Gasteiger partial charge in [-0.25, -0.2) is 9.97 Å². The minimum absolute atomic E-state index is 0.191. The second kappa shape index (κ2) is 6.73. The summed E-state index contributed by atoms with van der Waals surface area (Å²) in [6.45, 7) is 2.21. The highest BCUT2D eigenvalue weighted by atomic mass is 32.1. The molecule has 0 saturated heterocycles. The van der Waals surface area contributed by atoms with Crippen molar-refractivity contribution in [3.05, 3.63) is 46.6 Å². The summed E-state index contributed by atoms with van der Waals surface area (Å²) in [7, 11) is 1.73. The van der Waals surface area contributed by atoms with Gasteiger partial charge >= 0.3 is 0 Å². The van der Waals surface area contributed by atoms with E-state index in [1.165, 1.54) is 11.1 Å². The lowest BCUT2D eigenvalue weighted by atomic mass is 9.55. The number of Topliss-reactive ketones (excluding diaryl/α,β-unsaturated/α-hetero) is 1. The van der Waals surface area contributed by atoms with Crippen LogP contribution in [0.15, 0.2) is 30.9 Å². The number of hydrogen-bond donors (Lipinski definition) is 1. The van der Waals surface area contributed by atoms with Gasteiger partial charge in [0.05, 0.1) is 25.8 Å². The number of aromatic nitrogens is 4. The minimum atomic E-state index is -0.268. The molecule has 3 aliphatic rings. The van der Waals surface area contributed by atoms with Gasteiger partial charge in [0, 0.05) is 5.41 Å². The summed E-state index contributed by atoms with van der Waals surface area (Å²) in [5, 5.41) is 0. The van der Waals surface area contributed by atoms with Gasteiger partial charge < -0.3 is 14.3 Å². The van der Waals surface area contributed by atoms with Gasteiger partial charge in [-0.1, -0.05) is 25.2 Å². The molecule has 2 heterocycles. The molecule has 0 aliphatic heterocycles. The lowest BCUT2D eigenvalue weighted by Crippen LogP contribution is -2.42. The number of imidazole rings is 1. The summed E-state index contributed by atoms with van der Waals surface area (Å²) in [5.74, 6) is 2.76. The first-order chi connectivity index (χ1) is 15.0. The molecule has 1 N–H and O–H groups in total. The minimum Gasteiger partial charge on any atom is -0.497 e. The molecule has 31 heavy (non-hydrogen) atoms. The van der Waals surface area contributed by atoms with Crippen LogP contribution in [0.4, 0.5) is 0 Å². The Hall–Kier alpha value is -2.54. The summed E-state index contributed by atoms with van der Waals surface area (Å²) in [6.07, 6.45) is 8.46. The number of nitrogens with one attached hydrogen (secondary N) is 1. The number of hydrogen-bond acceptors (Lipinski definition) is 5. The van der Waals surface area contributed by atoms with E-state index in [9.17, 15) is 4.79 Å². The van der Waals surface area contributed by atoms with Crippen molar-refractivity contribution >= 4 is 29.2 Å². The van der Waals surface area contributed by atoms with Crippen molar-refractivity contribution in [1.29, 1.82) is 0 Å². The number of ether oxygens (including phenoxy) is 1. The zero-order chi connectivity index (χ0) is 21.3. The summed E-state index contributed by atoms with van der Waals surface area (Å²) in [5.41, 5.74) is 4.10. The number of H-pyrrole nitrogens is 1. The van der Waals surface area contributed by atoms with Gasteiger partial charge in [-0.15, -0.1) is 0 Å². The lowest BCUT2D eigenvalue weighted by molar-refractivity contribution is -0.131. The number of nitrogens with zero attached hydrogens (tertiary/aromatic N) is 3. The van der Waals surface area contributed by atoms with Crippen molar-refractivity contribution in [2.75, 3.05) is 7.11 Å². The highest BCUT2D eigenvalue weighted by molar-refractivity contribution is 7.71. The molecule has 5 unspecified atom stereocenters. The predicted octanol–water partition coefficient (Wildman–Crippen LogP) is 4.77.